The van der Waals surface area contributed by atoms with Gasteiger partial charge in [0, 0.05) is 24.7 Å². The van der Waals surface area contributed by atoms with Gasteiger partial charge in [0.05, 0.1) is 19.1 Å². The van der Waals surface area contributed by atoms with Crippen LogP contribution < -0.4 is 15.0 Å². The van der Waals surface area contributed by atoms with Gasteiger partial charge in [-0.1, -0.05) is 36.4 Å². The molecule has 3 aromatic rings. The van der Waals surface area contributed by atoms with Gasteiger partial charge in [0.2, 0.25) is 10.0 Å². The monoisotopic (exact) mass is 399 g/mol. The minimum Gasteiger partial charge on any atom is -0.495 e. The molecule has 0 spiro atoms. The fraction of sp³-hybridized carbons (Fsp3) is 0.200. The lowest BCUT2D eigenvalue weighted by atomic mass is 10.1. The second kappa shape index (κ2) is 8.37. The van der Waals surface area contributed by atoms with Crippen LogP contribution in [0.3, 0.4) is 0 Å². The normalized spacial score (nSPS) is 11.4. The maximum atomic E-state index is 12.5. The van der Waals surface area contributed by atoms with Crippen LogP contribution in [0, 0.1) is 6.92 Å². The highest BCUT2D eigenvalue weighted by atomic mass is 32.2. The summed E-state index contributed by atoms with van der Waals surface area (Å²) in [6.45, 7) is 2.06. The molecule has 2 aromatic carbocycles. The van der Waals surface area contributed by atoms with Gasteiger partial charge in [0.25, 0.3) is 5.56 Å². The highest BCUT2D eigenvalue weighted by Gasteiger charge is 2.19. The van der Waals surface area contributed by atoms with Gasteiger partial charge in [-0.15, -0.1) is 0 Å². The first-order valence-corrected chi connectivity index (χ1v) is 10.2. The Bertz CT molecular complexity index is 1130. The molecule has 146 valence electrons. The van der Waals surface area contributed by atoms with Crippen LogP contribution in [-0.4, -0.2) is 31.6 Å². The highest BCUT2D eigenvalue weighted by molar-refractivity contribution is 7.89. The molecule has 0 atom stereocenters. The summed E-state index contributed by atoms with van der Waals surface area (Å²) in [6, 6.07) is 15.7. The van der Waals surface area contributed by atoms with Crippen molar-refractivity contribution in [2.45, 2.75) is 18.4 Å². The van der Waals surface area contributed by atoms with Crippen LogP contribution >= 0.6 is 0 Å². The van der Waals surface area contributed by atoms with E-state index >= 15 is 0 Å². The van der Waals surface area contributed by atoms with Crippen LogP contribution in [0.5, 0.6) is 5.75 Å². The standard InChI is InChI=1S/C20H21N3O4S/c1-15-8-9-19(18(12-15)27-2)28(25,26)22-10-11-23-14-21-17(13-20(23)24)16-6-4-3-5-7-16/h3-9,12-14,22H,10-11H2,1-2H3. The lowest BCUT2D eigenvalue weighted by Gasteiger charge is -2.12. The summed E-state index contributed by atoms with van der Waals surface area (Å²) in [7, 11) is -2.34. The second-order valence-electron chi connectivity index (χ2n) is 6.22. The Morgan fingerprint density at radius 3 is 2.54 bits per heavy atom. The van der Waals surface area contributed by atoms with Crippen molar-refractivity contribution in [2.24, 2.45) is 0 Å². The summed E-state index contributed by atoms with van der Waals surface area (Å²) in [5.74, 6) is 0.276. The molecule has 0 aliphatic rings. The predicted octanol–water partition coefficient (Wildman–Crippen LogP) is 2.21. The van der Waals surface area contributed by atoms with E-state index in [2.05, 4.69) is 9.71 Å². The van der Waals surface area contributed by atoms with E-state index in [0.29, 0.717) is 5.69 Å². The molecule has 0 aliphatic heterocycles. The molecule has 1 aromatic heterocycles. The van der Waals surface area contributed by atoms with Crippen LogP contribution in [0.1, 0.15) is 5.56 Å². The number of nitrogens with one attached hydrogen (secondary N) is 1. The van der Waals surface area contributed by atoms with Gasteiger partial charge in [-0.3, -0.25) is 9.36 Å². The van der Waals surface area contributed by atoms with Crippen molar-refractivity contribution >= 4 is 10.0 Å². The Kier molecular flexibility index (Phi) is 5.91. The van der Waals surface area contributed by atoms with Crippen LogP contribution in [0.15, 0.2) is 70.6 Å². The van der Waals surface area contributed by atoms with Gasteiger partial charge in [-0.05, 0) is 24.6 Å². The quantitative estimate of drug-likeness (QED) is 0.658. The van der Waals surface area contributed by atoms with E-state index < -0.39 is 10.0 Å². The number of sulfonamides is 1. The first kappa shape index (κ1) is 19.8. The molecule has 0 saturated carbocycles. The third kappa shape index (κ3) is 4.47. The third-order valence-corrected chi connectivity index (χ3v) is 5.70. The fourth-order valence-corrected chi connectivity index (χ4v) is 3.91. The summed E-state index contributed by atoms with van der Waals surface area (Å²) in [5, 5.41) is 0. The zero-order valence-corrected chi connectivity index (χ0v) is 16.4. The molecule has 0 aliphatic carbocycles. The van der Waals surface area contributed by atoms with Gasteiger partial charge in [-0.25, -0.2) is 18.1 Å². The van der Waals surface area contributed by atoms with E-state index in [4.69, 9.17) is 4.74 Å². The smallest absolute Gasteiger partial charge is 0.253 e. The number of benzene rings is 2. The molecular weight excluding hydrogens is 378 g/mol. The van der Waals surface area contributed by atoms with E-state index in [1.807, 2.05) is 37.3 Å². The molecule has 0 saturated heterocycles. The third-order valence-electron chi connectivity index (χ3n) is 4.20. The number of methoxy groups -OCH3 is 1. The molecule has 0 fully saturated rings. The van der Waals surface area contributed by atoms with Gasteiger partial charge >= 0.3 is 0 Å². The number of hydrogen-bond donors (Lipinski definition) is 1. The highest BCUT2D eigenvalue weighted by Crippen LogP contribution is 2.24. The predicted molar refractivity (Wildman–Crippen MR) is 107 cm³/mol. The molecule has 0 bridgehead atoms. The number of ether oxygens (including phenoxy) is 1. The topological polar surface area (TPSA) is 90.3 Å². The Labute approximate surface area is 163 Å². The number of rotatable bonds is 7. The largest absolute Gasteiger partial charge is 0.495 e. The van der Waals surface area contributed by atoms with Crippen molar-refractivity contribution < 1.29 is 13.2 Å². The average molecular weight is 399 g/mol. The molecular formula is C20H21N3O4S. The van der Waals surface area contributed by atoms with Gasteiger partial charge < -0.3 is 4.74 Å². The van der Waals surface area contributed by atoms with Crippen LogP contribution in [-0.2, 0) is 16.6 Å². The summed E-state index contributed by atoms with van der Waals surface area (Å²) in [6.07, 6.45) is 1.42. The average Bonchev–Trinajstić information content (AvgIpc) is 2.69. The van der Waals surface area contributed by atoms with Gasteiger partial charge in [0.1, 0.15) is 10.6 Å². The fourth-order valence-electron chi connectivity index (χ4n) is 2.74. The van der Waals surface area contributed by atoms with Gasteiger partial charge in [-0.2, -0.15) is 0 Å². The first-order chi connectivity index (χ1) is 13.4. The Hall–Kier alpha value is -2.97. The van der Waals surface area contributed by atoms with E-state index in [1.165, 1.54) is 30.1 Å². The molecule has 8 heteroatoms. The van der Waals surface area contributed by atoms with Crippen molar-refractivity contribution in [3.05, 3.63) is 76.8 Å². The van der Waals surface area contributed by atoms with Gasteiger partial charge in [0.15, 0.2) is 0 Å². The maximum absolute atomic E-state index is 12.5. The van der Waals surface area contributed by atoms with Crippen molar-refractivity contribution in [2.75, 3.05) is 13.7 Å². The summed E-state index contributed by atoms with van der Waals surface area (Å²) < 4.78 is 34.1. The SMILES string of the molecule is COc1cc(C)ccc1S(=O)(=O)NCCn1cnc(-c2ccccc2)cc1=O. The van der Waals surface area contributed by atoms with Crippen molar-refractivity contribution in [3.63, 3.8) is 0 Å². The van der Waals surface area contributed by atoms with Crippen molar-refractivity contribution in [3.8, 4) is 17.0 Å². The van der Waals surface area contributed by atoms with Crippen LogP contribution in [0.2, 0.25) is 0 Å². The molecule has 0 amide bonds. The Balaban J connectivity index is 1.70. The van der Waals surface area contributed by atoms with Crippen molar-refractivity contribution in [1.82, 2.24) is 14.3 Å². The van der Waals surface area contributed by atoms with E-state index in [9.17, 15) is 13.2 Å². The summed E-state index contributed by atoms with van der Waals surface area (Å²) >= 11 is 0. The van der Waals surface area contributed by atoms with E-state index in [0.717, 1.165) is 11.1 Å². The van der Waals surface area contributed by atoms with E-state index in [1.54, 1.807) is 12.1 Å². The second-order valence-corrected chi connectivity index (χ2v) is 7.96. The molecule has 7 nitrogen and oxygen atoms in total. The number of hydrogen-bond acceptors (Lipinski definition) is 5. The zero-order valence-electron chi connectivity index (χ0n) is 15.6. The van der Waals surface area contributed by atoms with Crippen molar-refractivity contribution in [1.29, 1.82) is 0 Å². The number of aryl methyl sites for hydroxylation is 1. The number of nitrogens with zero attached hydrogens (tertiary/aromatic N) is 2. The first-order valence-electron chi connectivity index (χ1n) is 8.67. The van der Waals surface area contributed by atoms with Crippen LogP contribution in [0.4, 0.5) is 0 Å². The summed E-state index contributed by atoms with van der Waals surface area (Å²) in [5.41, 5.74) is 2.07. The maximum Gasteiger partial charge on any atom is 0.253 e. The molecule has 1 heterocycles. The summed E-state index contributed by atoms with van der Waals surface area (Å²) in [4.78, 5) is 16.6. The molecule has 1 N–H and O–H groups in total. The molecule has 3 rings (SSSR count). The Morgan fingerprint density at radius 2 is 1.86 bits per heavy atom. The molecule has 0 radical (unpaired) electrons. The Morgan fingerprint density at radius 1 is 1.11 bits per heavy atom. The lowest BCUT2D eigenvalue weighted by Crippen LogP contribution is -2.31. The molecule has 28 heavy (non-hydrogen) atoms. The minimum atomic E-state index is -3.76. The lowest BCUT2D eigenvalue weighted by molar-refractivity contribution is 0.402. The van der Waals surface area contributed by atoms with E-state index in [-0.39, 0.29) is 29.3 Å². The van der Waals surface area contributed by atoms with Crippen LogP contribution in [0.25, 0.3) is 11.3 Å². The minimum absolute atomic E-state index is 0.0473. The molecule has 0 unspecified atom stereocenters. The number of aromatic nitrogens is 2. The zero-order chi connectivity index (χ0) is 20.1.